The van der Waals surface area contributed by atoms with E-state index in [2.05, 4.69) is 4.98 Å². The Balaban J connectivity index is 2.44. The Morgan fingerprint density at radius 1 is 1.17 bits per heavy atom. The van der Waals surface area contributed by atoms with Gasteiger partial charge in [0.15, 0.2) is 0 Å². The Hall–Kier alpha value is -2.57. The highest BCUT2D eigenvalue weighted by Gasteiger charge is 2.32. The van der Waals surface area contributed by atoms with E-state index in [1.807, 2.05) is 0 Å². The number of carbonyl (C=O) groups excluding carboxylic acids is 1. The molecule has 1 heterocycles. The van der Waals surface area contributed by atoms with Gasteiger partial charge in [-0.05, 0) is 31.2 Å². The summed E-state index contributed by atoms with van der Waals surface area (Å²) >= 11 is 0. The van der Waals surface area contributed by atoms with Crippen molar-refractivity contribution in [2.45, 2.75) is 13.1 Å². The highest BCUT2D eigenvalue weighted by atomic mass is 19.4. The number of carbonyl (C=O) groups is 1. The molecule has 1 aromatic heterocycles. The molecule has 0 unspecified atom stereocenters. The van der Waals surface area contributed by atoms with Crippen LogP contribution in [0.1, 0.15) is 22.8 Å². The lowest BCUT2D eigenvalue weighted by atomic mass is 10.1. The highest BCUT2D eigenvalue weighted by molar-refractivity contribution is 5.90. The van der Waals surface area contributed by atoms with Crippen molar-refractivity contribution < 1.29 is 22.7 Å². The Kier molecular flexibility index (Phi) is 5.11. The minimum absolute atomic E-state index is 0.184. The van der Waals surface area contributed by atoms with Gasteiger partial charge in [0, 0.05) is 19.7 Å². The summed E-state index contributed by atoms with van der Waals surface area (Å²) in [4.78, 5) is 17.4. The van der Waals surface area contributed by atoms with E-state index < -0.39 is 17.7 Å². The molecule has 2 rings (SSSR count). The van der Waals surface area contributed by atoms with E-state index in [9.17, 15) is 18.0 Å². The highest BCUT2D eigenvalue weighted by Crippen LogP contribution is 2.33. The van der Waals surface area contributed by atoms with E-state index in [1.54, 1.807) is 33.2 Å². The summed E-state index contributed by atoms with van der Waals surface area (Å²) in [6, 6.07) is 8.10. The van der Waals surface area contributed by atoms with Crippen molar-refractivity contribution in [1.29, 1.82) is 0 Å². The largest absolute Gasteiger partial charge is 0.462 e. The standard InChI is InChI=1S/C17H17F3N2O2/c1-4-24-16(23)12-7-5-11(6-8-12)14-9-13(17(18,19)20)10-15(21-14)22(2)3/h5-10H,4H2,1-3H3. The van der Waals surface area contributed by atoms with E-state index in [-0.39, 0.29) is 18.1 Å². The van der Waals surface area contributed by atoms with Crippen molar-refractivity contribution in [3.63, 3.8) is 0 Å². The maximum absolute atomic E-state index is 13.1. The molecule has 0 saturated carbocycles. The molecule has 2 aromatic rings. The average molecular weight is 338 g/mol. The predicted octanol–water partition coefficient (Wildman–Crippen LogP) is 4.01. The molecule has 4 nitrogen and oxygen atoms in total. The molecular formula is C17H17F3N2O2. The summed E-state index contributed by atoms with van der Waals surface area (Å²) in [5.41, 5.74) is 0.229. The molecule has 0 saturated heterocycles. The second-order valence-electron chi connectivity index (χ2n) is 5.29. The minimum Gasteiger partial charge on any atom is -0.462 e. The van der Waals surface area contributed by atoms with Gasteiger partial charge in [-0.1, -0.05) is 12.1 Å². The summed E-state index contributed by atoms with van der Waals surface area (Å²) in [6.07, 6.45) is -4.46. The number of pyridine rings is 1. The zero-order valence-electron chi connectivity index (χ0n) is 13.5. The number of alkyl halides is 3. The maximum atomic E-state index is 13.1. The molecule has 1 aromatic carbocycles. The van der Waals surface area contributed by atoms with Crippen LogP contribution in [-0.2, 0) is 10.9 Å². The molecule has 0 amide bonds. The van der Waals surface area contributed by atoms with Gasteiger partial charge in [0.2, 0.25) is 0 Å². The number of esters is 1. The van der Waals surface area contributed by atoms with Gasteiger partial charge < -0.3 is 9.64 Å². The Morgan fingerprint density at radius 2 is 1.79 bits per heavy atom. The van der Waals surface area contributed by atoms with Gasteiger partial charge in [0.25, 0.3) is 0 Å². The fourth-order valence-corrected chi connectivity index (χ4v) is 2.05. The number of aromatic nitrogens is 1. The van der Waals surface area contributed by atoms with Crippen LogP contribution in [0.5, 0.6) is 0 Å². The van der Waals surface area contributed by atoms with E-state index in [0.717, 1.165) is 12.1 Å². The fourth-order valence-electron chi connectivity index (χ4n) is 2.05. The lowest BCUT2D eigenvalue weighted by molar-refractivity contribution is -0.137. The Bertz CT molecular complexity index is 726. The van der Waals surface area contributed by atoms with Gasteiger partial charge in [-0.2, -0.15) is 13.2 Å². The number of hydrogen-bond donors (Lipinski definition) is 0. The van der Waals surface area contributed by atoms with Crippen LogP contribution < -0.4 is 4.90 Å². The van der Waals surface area contributed by atoms with Crippen LogP contribution >= 0.6 is 0 Å². The van der Waals surface area contributed by atoms with Crippen LogP contribution in [0.4, 0.5) is 19.0 Å². The predicted molar refractivity (Wildman–Crippen MR) is 85.0 cm³/mol. The van der Waals surface area contributed by atoms with Crippen LogP contribution in [0.3, 0.4) is 0 Å². The summed E-state index contributed by atoms with van der Waals surface area (Å²) < 4.78 is 44.1. The molecule has 0 aliphatic rings. The van der Waals surface area contributed by atoms with E-state index >= 15 is 0 Å². The van der Waals surface area contributed by atoms with Crippen molar-refractivity contribution >= 4 is 11.8 Å². The van der Waals surface area contributed by atoms with Crippen molar-refractivity contribution in [2.75, 3.05) is 25.6 Å². The van der Waals surface area contributed by atoms with Gasteiger partial charge in [-0.3, -0.25) is 0 Å². The van der Waals surface area contributed by atoms with Gasteiger partial charge in [-0.25, -0.2) is 9.78 Å². The summed E-state index contributed by atoms with van der Waals surface area (Å²) in [5.74, 6) is -0.274. The summed E-state index contributed by atoms with van der Waals surface area (Å²) in [5, 5.41) is 0. The third kappa shape index (κ3) is 4.04. The molecule has 0 bridgehead atoms. The lowest BCUT2D eigenvalue weighted by Gasteiger charge is -2.16. The number of nitrogens with zero attached hydrogens (tertiary/aromatic N) is 2. The van der Waals surface area contributed by atoms with Gasteiger partial charge >= 0.3 is 12.1 Å². The first-order valence-corrected chi connectivity index (χ1v) is 7.26. The topological polar surface area (TPSA) is 42.4 Å². The van der Waals surface area contributed by atoms with Gasteiger partial charge in [-0.15, -0.1) is 0 Å². The SMILES string of the molecule is CCOC(=O)c1ccc(-c2cc(C(F)(F)F)cc(N(C)C)n2)cc1. The van der Waals surface area contributed by atoms with Gasteiger partial charge in [0.05, 0.1) is 23.4 Å². The first-order chi connectivity index (χ1) is 11.2. The van der Waals surface area contributed by atoms with Crippen LogP contribution in [0.2, 0.25) is 0 Å². The minimum atomic E-state index is -4.46. The van der Waals surface area contributed by atoms with E-state index in [1.165, 1.54) is 17.0 Å². The summed E-state index contributed by atoms with van der Waals surface area (Å²) in [6.45, 7) is 1.95. The third-order valence-electron chi connectivity index (χ3n) is 3.29. The van der Waals surface area contributed by atoms with E-state index in [0.29, 0.717) is 11.1 Å². The molecule has 7 heteroatoms. The zero-order valence-corrected chi connectivity index (χ0v) is 13.5. The normalized spacial score (nSPS) is 11.2. The van der Waals surface area contributed by atoms with Crippen molar-refractivity contribution in [2.24, 2.45) is 0 Å². The molecule has 0 aliphatic carbocycles. The second kappa shape index (κ2) is 6.90. The first-order valence-electron chi connectivity index (χ1n) is 7.26. The van der Waals surface area contributed by atoms with Crippen LogP contribution in [0, 0.1) is 0 Å². The third-order valence-corrected chi connectivity index (χ3v) is 3.29. The average Bonchev–Trinajstić information content (AvgIpc) is 2.54. The maximum Gasteiger partial charge on any atom is 0.416 e. The molecule has 0 radical (unpaired) electrons. The molecule has 0 aliphatic heterocycles. The number of ether oxygens (including phenoxy) is 1. The quantitative estimate of drug-likeness (QED) is 0.790. The molecule has 0 atom stereocenters. The number of benzene rings is 1. The molecule has 0 spiro atoms. The monoisotopic (exact) mass is 338 g/mol. The van der Waals surface area contributed by atoms with Gasteiger partial charge in [0.1, 0.15) is 5.82 Å². The number of rotatable bonds is 4. The molecule has 0 fully saturated rings. The molecular weight excluding hydrogens is 321 g/mol. The first kappa shape index (κ1) is 17.8. The number of halogens is 3. The lowest BCUT2D eigenvalue weighted by Crippen LogP contribution is -2.14. The fraction of sp³-hybridized carbons (Fsp3) is 0.294. The Labute approximate surface area is 137 Å². The molecule has 0 N–H and O–H groups in total. The van der Waals surface area contributed by atoms with Crippen molar-refractivity contribution in [1.82, 2.24) is 4.98 Å². The van der Waals surface area contributed by atoms with Crippen molar-refractivity contribution in [3.05, 3.63) is 47.5 Å². The molecule has 128 valence electrons. The van der Waals surface area contributed by atoms with Crippen LogP contribution in [-0.4, -0.2) is 31.7 Å². The van der Waals surface area contributed by atoms with E-state index in [4.69, 9.17) is 4.74 Å². The molecule has 24 heavy (non-hydrogen) atoms. The van der Waals surface area contributed by atoms with Crippen molar-refractivity contribution in [3.8, 4) is 11.3 Å². The smallest absolute Gasteiger partial charge is 0.416 e. The zero-order chi connectivity index (χ0) is 17.9. The second-order valence-corrected chi connectivity index (χ2v) is 5.29. The number of anilines is 1. The summed E-state index contributed by atoms with van der Waals surface area (Å²) in [7, 11) is 3.24. The van der Waals surface area contributed by atoms with Crippen LogP contribution in [0.25, 0.3) is 11.3 Å². The number of hydrogen-bond acceptors (Lipinski definition) is 4. The van der Waals surface area contributed by atoms with Crippen LogP contribution in [0.15, 0.2) is 36.4 Å². The Morgan fingerprint density at radius 3 is 2.29 bits per heavy atom.